The summed E-state index contributed by atoms with van der Waals surface area (Å²) in [6.45, 7) is 2.40. The molecule has 1 unspecified atom stereocenters. The van der Waals surface area contributed by atoms with E-state index in [9.17, 15) is 0 Å². The molecule has 0 fully saturated rings. The largest absolute Gasteiger partial charge is 0.311 e. The molecular formula is C37H29N. The van der Waals surface area contributed by atoms with Crippen molar-refractivity contribution < 1.29 is 0 Å². The van der Waals surface area contributed by atoms with Crippen LogP contribution >= 0.6 is 0 Å². The van der Waals surface area contributed by atoms with Crippen molar-refractivity contribution in [1.82, 2.24) is 0 Å². The van der Waals surface area contributed by atoms with E-state index in [-0.39, 0.29) is 5.41 Å². The average molecular weight is 488 g/mol. The van der Waals surface area contributed by atoms with E-state index in [0.29, 0.717) is 0 Å². The molecule has 0 heterocycles. The smallest absolute Gasteiger partial charge is 0.0461 e. The lowest BCUT2D eigenvalue weighted by atomic mass is 9.68. The van der Waals surface area contributed by atoms with E-state index in [1.807, 2.05) is 0 Å². The van der Waals surface area contributed by atoms with Crippen molar-refractivity contribution in [1.29, 1.82) is 0 Å². The van der Waals surface area contributed by atoms with Crippen LogP contribution in [0.4, 0.5) is 17.1 Å². The molecule has 1 aliphatic rings. The highest BCUT2D eigenvalue weighted by Crippen LogP contribution is 2.45. The fourth-order valence-electron chi connectivity index (χ4n) is 6.16. The second-order valence-electron chi connectivity index (χ2n) is 10.4. The Labute approximate surface area is 224 Å². The molecule has 38 heavy (non-hydrogen) atoms. The highest BCUT2D eigenvalue weighted by atomic mass is 15.1. The molecule has 0 spiro atoms. The number of hydrogen-bond acceptors (Lipinski definition) is 1. The summed E-state index contributed by atoms with van der Waals surface area (Å²) in [7, 11) is 0. The maximum Gasteiger partial charge on any atom is 0.0461 e. The first-order valence-electron chi connectivity index (χ1n) is 13.3. The zero-order valence-corrected chi connectivity index (χ0v) is 21.5. The van der Waals surface area contributed by atoms with Gasteiger partial charge in [0.15, 0.2) is 0 Å². The van der Waals surface area contributed by atoms with E-state index in [4.69, 9.17) is 0 Å². The monoisotopic (exact) mass is 487 g/mol. The zero-order chi connectivity index (χ0) is 25.5. The Balaban J connectivity index is 1.35. The fourth-order valence-corrected chi connectivity index (χ4v) is 6.16. The molecule has 1 nitrogen and oxygen atoms in total. The van der Waals surface area contributed by atoms with Crippen molar-refractivity contribution in [3.05, 3.63) is 156 Å². The SMILES string of the molecule is CC1(c2ccc(N(c3ccccc3)c3ccccc3)cc2)CC=Cc2c1ccc1ccc3ccccc3c21. The quantitative estimate of drug-likeness (QED) is 0.224. The second-order valence-corrected chi connectivity index (χ2v) is 10.4. The third-order valence-corrected chi connectivity index (χ3v) is 8.15. The van der Waals surface area contributed by atoms with Gasteiger partial charge >= 0.3 is 0 Å². The Bertz CT molecular complexity index is 1740. The molecule has 6 aromatic carbocycles. The normalized spacial score (nSPS) is 16.4. The van der Waals surface area contributed by atoms with Crippen LogP contribution in [0.15, 0.2) is 140 Å². The molecule has 0 radical (unpaired) electrons. The Morgan fingerprint density at radius 1 is 0.553 bits per heavy atom. The van der Waals surface area contributed by atoms with Gasteiger partial charge in [0.2, 0.25) is 0 Å². The maximum absolute atomic E-state index is 2.40. The summed E-state index contributed by atoms with van der Waals surface area (Å²) in [6.07, 6.45) is 5.68. The molecule has 6 aromatic rings. The Kier molecular flexibility index (Phi) is 5.37. The van der Waals surface area contributed by atoms with Gasteiger partial charge in [-0.3, -0.25) is 0 Å². The summed E-state index contributed by atoms with van der Waals surface area (Å²) in [4.78, 5) is 2.32. The number of allylic oxidation sites excluding steroid dienone is 1. The van der Waals surface area contributed by atoms with Crippen molar-refractivity contribution in [2.45, 2.75) is 18.8 Å². The molecule has 0 aliphatic heterocycles. The third-order valence-electron chi connectivity index (χ3n) is 8.15. The van der Waals surface area contributed by atoms with Gasteiger partial charge < -0.3 is 4.90 Å². The standard InChI is InChI=1S/C37H29N/c1-37(26-10-17-34-35(37)25-20-28-19-18-27-11-8-9-16-33(27)36(28)34)29-21-23-32(24-22-29)38(30-12-4-2-5-13-30)31-14-6-3-7-15-31/h2-25H,26H2,1H3. The minimum atomic E-state index is -0.0991. The van der Waals surface area contributed by atoms with Gasteiger partial charge in [-0.25, -0.2) is 0 Å². The molecule has 1 heteroatoms. The van der Waals surface area contributed by atoms with E-state index in [1.54, 1.807) is 0 Å². The molecular weight excluding hydrogens is 458 g/mol. The van der Waals surface area contributed by atoms with Crippen LogP contribution in [0, 0.1) is 0 Å². The maximum atomic E-state index is 2.40. The lowest BCUT2D eigenvalue weighted by molar-refractivity contribution is 0.576. The summed E-state index contributed by atoms with van der Waals surface area (Å²) in [6, 6.07) is 48.3. The third kappa shape index (κ3) is 3.63. The van der Waals surface area contributed by atoms with Gasteiger partial charge in [-0.2, -0.15) is 0 Å². The molecule has 182 valence electrons. The van der Waals surface area contributed by atoms with Crippen LogP contribution in [-0.2, 0) is 5.41 Å². The zero-order valence-electron chi connectivity index (χ0n) is 21.5. The molecule has 0 saturated carbocycles. The van der Waals surface area contributed by atoms with Gasteiger partial charge in [0.05, 0.1) is 0 Å². The van der Waals surface area contributed by atoms with Crippen molar-refractivity contribution in [2.24, 2.45) is 0 Å². The van der Waals surface area contributed by atoms with Crippen molar-refractivity contribution in [2.75, 3.05) is 4.90 Å². The lowest BCUT2D eigenvalue weighted by Crippen LogP contribution is -2.26. The number of nitrogens with zero attached hydrogens (tertiary/aromatic N) is 1. The van der Waals surface area contributed by atoms with Crippen molar-refractivity contribution >= 4 is 44.7 Å². The summed E-state index contributed by atoms with van der Waals surface area (Å²) < 4.78 is 0. The van der Waals surface area contributed by atoms with Gasteiger partial charge in [0.25, 0.3) is 0 Å². The van der Waals surface area contributed by atoms with Crippen LogP contribution in [-0.4, -0.2) is 0 Å². The van der Waals surface area contributed by atoms with E-state index >= 15 is 0 Å². The van der Waals surface area contributed by atoms with Crippen LogP contribution in [0.25, 0.3) is 27.6 Å². The Morgan fingerprint density at radius 2 is 1.13 bits per heavy atom. The molecule has 0 amide bonds. The van der Waals surface area contributed by atoms with Gasteiger partial charge in [-0.15, -0.1) is 0 Å². The molecule has 0 aromatic heterocycles. The molecule has 1 aliphatic carbocycles. The first kappa shape index (κ1) is 22.6. The summed E-state index contributed by atoms with van der Waals surface area (Å²) >= 11 is 0. The van der Waals surface area contributed by atoms with Crippen LogP contribution in [0.2, 0.25) is 0 Å². The van der Waals surface area contributed by atoms with E-state index in [1.165, 1.54) is 38.2 Å². The first-order chi connectivity index (χ1) is 18.7. The van der Waals surface area contributed by atoms with Gasteiger partial charge in [-0.05, 0) is 81.1 Å². The average Bonchev–Trinajstić information content (AvgIpc) is 2.98. The van der Waals surface area contributed by atoms with Crippen LogP contribution in [0.1, 0.15) is 30.0 Å². The Morgan fingerprint density at radius 3 is 1.84 bits per heavy atom. The number of rotatable bonds is 4. The van der Waals surface area contributed by atoms with Gasteiger partial charge in [-0.1, -0.05) is 116 Å². The summed E-state index contributed by atoms with van der Waals surface area (Å²) in [5.41, 5.74) is 7.46. The Hall–Kier alpha value is -4.62. The second kappa shape index (κ2) is 9.04. The molecule has 0 saturated heterocycles. The number of anilines is 3. The number of fused-ring (bicyclic) bond motifs is 5. The molecule has 1 atom stereocenters. The van der Waals surface area contributed by atoms with Crippen LogP contribution in [0.5, 0.6) is 0 Å². The molecule has 0 bridgehead atoms. The number of hydrogen-bond donors (Lipinski definition) is 0. The lowest BCUT2D eigenvalue weighted by Gasteiger charge is -2.35. The first-order valence-corrected chi connectivity index (χ1v) is 13.3. The highest BCUT2D eigenvalue weighted by Gasteiger charge is 2.33. The predicted molar refractivity (Wildman–Crippen MR) is 163 cm³/mol. The molecule has 0 N–H and O–H groups in total. The van der Waals surface area contributed by atoms with Crippen LogP contribution in [0.3, 0.4) is 0 Å². The number of benzene rings is 6. The summed E-state index contributed by atoms with van der Waals surface area (Å²) in [5, 5.41) is 5.28. The van der Waals surface area contributed by atoms with E-state index in [2.05, 4.69) is 157 Å². The topological polar surface area (TPSA) is 3.24 Å². The predicted octanol–water partition coefficient (Wildman–Crippen LogP) is 10.2. The van der Waals surface area contributed by atoms with Gasteiger partial charge in [0.1, 0.15) is 0 Å². The highest BCUT2D eigenvalue weighted by molar-refractivity contribution is 6.12. The van der Waals surface area contributed by atoms with E-state index in [0.717, 1.165) is 23.5 Å². The van der Waals surface area contributed by atoms with E-state index < -0.39 is 0 Å². The van der Waals surface area contributed by atoms with Crippen molar-refractivity contribution in [3.63, 3.8) is 0 Å². The van der Waals surface area contributed by atoms with Gasteiger partial charge in [0, 0.05) is 22.5 Å². The summed E-state index contributed by atoms with van der Waals surface area (Å²) in [5.74, 6) is 0. The van der Waals surface area contributed by atoms with Crippen LogP contribution < -0.4 is 4.90 Å². The minimum Gasteiger partial charge on any atom is -0.311 e. The fraction of sp³-hybridized carbons (Fsp3) is 0.0811. The minimum absolute atomic E-state index is 0.0991. The van der Waals surface area contributed by atoms with Crippen molar-refractivity contribution in [3.8, 4) is 0 Å². The number of para-hydroxylation sites is 2. The molecule has 7 rings (SSSR count).